The molecule has 0 saturated heterocycles. The molecule has 0 saturated carbocycles. The van der Waals surface area contributed by atoms with E-state index in [1.807, 2.05) is 0 Å². The third kappa shape index (κ3) is 2.51. The lowest BCUT2D eigenvalue weighted by Gasteiger charge is -2.20. The molecule has 21 heavy (non-hydrogen) atoms. The average molecular weight is 549 g/mol. The Labute approximate surface area is 153 Å². The number of hydrogen-bond donors (Lipinski definition) is 1. The molecule has 0 aromatic heterocycles. The van der Waals surface area contributed by atoms with E-state index in [1.165, 1.54) is 0 Å². The summed E-state index contributed by atoms with van der Waals surface area (Å²) in [4.78, 5) is 37.1. The molecule has 1 N–H and O–H groups in total. The highest BCUT2D eigenvalue weighted by atomic mass is 79.9. The zero-order valence-corrected chi connectivity index (χ0v) is 16.8. The minimum atomic E-state index is -1.21. The summed E-state index contributed by atoms with van der Waals surface area (Å²) in [6, 6.07) is -1.19. The van der Waals surface area contributed by atoms with Gasteiger partial charge < -0.3 is 5.11 Å². The molecule has 5 nitrogen and oxygen atoms in total. The Kier molecular flexibility index (Phi) is 4.97. The van der Waals surface area contributed by atoms with Crippen LogP contribution in [0.3, 0.4) is 0 Å². The first-order valence-corrected chi connectivity index (χ1v) is 8.87. The molecule has 112 valence electrons. The summed E-state index contributed by atoms with van der Waals surface area (Å²) >= 11 is 13.2. The van der Waals surface area contributed by atoms with E-state index in [0.717, 1.165) is 4.90 Å². The van der Waals surface area contributed by atoms with Gasteiger partial charge in [0.15, 0.2) is 0 Å². The Morgan fingerprint density at radius 2 is 1.38 bits per heavy atom. The van der Waals surface area contributed by atoms with Gasteiger partial charge in [-0.05, 0) is 70.1 Å². The molecule has 2 amide bonds. The van der Waals surface area contributed by atoms with Crippen molar-refractivity contribution >= 4 is 81.5 Å². The van der Waals surface area contributed by atoms with E-state index >= 15 is 0 Å². The van der Waals surface area contributed by atoms with Gasteiger partial charge in [0.1, 0.15) is 6.04 Å². The van der Waals surface area contributed by atoms with E-state index in [4.69, 9.17) is 0 Å². The molecule has 9 heteroatoms. The third-order valence-electron chi connectivity index (χ3n) is 3.12. The van der Waals surface area contributed by atoms with Crippen molar-refractivity contribution in [1.29, 1.82) is 0 Å². The van der Waals surface area contributed by atoms with Crippen molar-refractivity contribution in [3.05, 3.63) is 29.0 Å². The van der Waals surface area contributed by atoms with Crippen LogP contribution in [-0.4, -0.2) is 33.8 Å². The number of imide groups is 1. The number of fused-ring (bicyclic) bond motifs is 1. The fraction of sp³-hybridized carbons (Fsp3) is 0.250. The van der Waals surface area contributed by atoms with Crippen LogP contribution in [-0.2, 0) is 4.79 Å². The smallest absolute Gasteiger partial charge is 0.326 e. The number of carbonyl (C=O) groups is 3. The van der Waals surface area contributed by atoms with Gasteiger partial charge >= 0.3 is 5.97 Å². The minimum Gasteiger partial charge on any atom is -0.480 e. The summed E-state index contributed by atoms with van der Waals surface area (Å²) in [7, 11) is 0. The third-order valence-corrected chi connectivity index (χ3v) is 7.88. The summed E-state index contributed by atoms with van der Waals surface area (Å²) in [6.07, 6.45) is 0.137. The van der Waals surface area contributed by atoms with E-state index in [2.05, 4.69) is 63.7 Å². The predicted octanol–water partition coefficient (Wildman–Crippen LogP) is 4.20. The molecule has 1 heterocycles. The van der Waals surface area contributed by atoms with Gasteiger partial charge in [0.2, 0.25) is 0 Å². The number of carboxylic acids is 1. The topological polar surface area (TPSA) is 74.7 Å². The van der Waals surface area contributed by atoms with Gasteiger partial charge in [0, 0.05) is 17.9 Å². The lowest BCUT2D eigenvalue weighted by molar-refractivity contribution is -0.141. The number of amides is 2. The molecule has 1 aliphatic rings. The normalized spacial score (nSPS) is 15.4. The number of rotatable bonds is 3. The highest BCUT2D eigenvalue weighted by Crippen LogP contribution is 2.45. The molecule has 0 unspecified atom stereocenters. The van der Waals surface area contributed by atoms with Gasteiger partial charge in [-0.25, -0.2) is 4.79 Å². The molecule has 0 radical (unpaired) electrons. The largest absolute Gasteiger partial charge is 0.480 e. The molecule has 0 spiro atoms. The van der Waals surface area contributed by atoms with Crippen molar-refractivity contribution in [2.45, 2.75) is 19.4 Å². The van der Waals surface area contributed by atoms with Crippen molar-refractivity contribution in [2.24, 2.45) is 0 Å². The van der Waals surface area contributed by atoms with Crippen molar-refractivity contribution in [3.8, 4) is 0 Å². The second-order valence-corrected chi connectivity index (χ2v) is 7.42. The number of carbonyl (C=O) groups excluding carboxylic acids is 2. The molecule has 1 aromatic carbocycles. The van der Waals surface area contributed by atoms with Gasteiger partial charge in [0.05, 0.1) is 11.1 Å². The zero-order valence-electron chi connectivity index (χ0n) is 10.4. The lowest BCUT2D eigenvalue weighted by atomic mass is 10.1. The van der Waals surface area contributed by atoms with Crippen LogP contribution in [0.15, 0.2) is 17.9 Å². The van der Waals surface area contributed by atoms with Crippen LogP contribution >= 0.6 is 63.7 Å². The predicted molar refractivity (Wildman–Crippen MR) is 89.5 cm³/mol. The Hall–Kier alpha value is -0.250. The molecule has 1 aliphatic heterocycles. The lowest BCUT2D eigenvalue weighted by Crippen LogP contribution is -2.44. The number of aliphatic carboxylic acids is 1. The van der Waals surface area contributed by atoms with Crippen molar-refractivity contribution in [1.82, 2.24) is 4.90 Å². The van der Waals surface area contributed by atoms with Crippen molar-refractivity contribution < 1.29 is 19.5 Å². The van der Waals surface area contributed by atoms with Crippen LogP contribution in [0.1, 0.15) is 34.1 Å². The molecule has 0 aliphatic carbocycles. The number of hydrogen-bond acceptors (Lipinski definition) is 3. The standard InChI is InChI=1S/C12H7Br4NO4/c1-2-3(12(20)21)17-10(18)4-5(11(17)19)7(14)9(16)8(15)6(4)13/h3H,2H2,1H3,(H,20,21)/t3-/m0/s1. The van der Waals surface area contributed by atoms with Crippen LogP contribution in [0.25, 0.3) is 0 Å². The summed E-state index contributed by atoms with van der Waals surface area (Å²) in [6.45, 7) is 1.61. The van der Waals surface area contributed by atoms with Crippen molar-refractivity contribution in [3.63, 3.8) is 0 Å². The first kappa shape index (κ1) is 17.1. The quantitative estimate of drug-likeness (QED) is 0.349. The first-order valence-electron chi connectivity index (χ1n) is 5.70. The summed E-state index contributed by atoms with van der Waals surface area (Å²) < 4.78 is 1.96. The molecular weight excluding hydrogens is 542 g/mol. The Morgan fingerprint density at radius 3 is 1.67 bits per heavy atom. The maximum Gasteiger partial charge on any atom is 0.326 e. The monoisotopic (exact) mass is 545 g/mol. The van der Waals surface area contributed by atoms with Crippen LogP contribution in [0.5, 0.6) is 0 Å². The molecule has 2 rings (SSSR count). The number of halogens is 4. The summed E-state index contributed by atoms with van der Waals surface area (Å²) in [5.74, 6) is -2.45. The fourth-order valence-corrected chi connectivity index (χ4v) is 4.57. The minimum absolute atomic E-state index is 0.137. The maximum absolute atomic E-state index is 12.5. The van der Waals surface area contributed by atoms with Crippen molar-refractivity contribution in [2.75, 3.05) is 0 Å². The van der Waals surface area contributed by atoms with Crippen LogP contribution in [0, 0.1) is 0 Å². The van der Waals surface area contributed by atoms with Gasteiger partial charge in [-0.15, -0.1) is 0 Å². The summed E-state index contributed by atoms with van der Waals surface area (Å²) in [5.41, 5.74) is 0.309. The summed E-state index contributed by atoms with van der Waals surface area (Å²) in [5, 5.41) is 9.21. The molecule has 1 aromatic rings. The van der Waals surface area contributed by atoms with Gasteiger partial charge in [-0.3, -0.25) is 14.5 Å². The fourth-order valence-electron chi connectivity index (χ4n) is 2.12. The highest BCUT2D eigenvalue weighted by molar-refractivity contribution is 9.15. The number of benzene rings is 1. The van der Waals surface area contributed by atoms with E-state index in [9.17, 15) is 19.5 Å². The molecule has 0 fully saturated rings. The SMILES string of the molecule is CC[C@@H](C(=O)O)N1C(=O)c2c(Br)c(Br)c(Br)c(Br)c2C1=O. The van der Waals surface area contributed by atoms with Crippen LogP contribution < -0.4 is 0 Å². The van der Waals surface area contributed by atoms with E-state index < -0.39 is 23.8 Å². The Balaban J connectivity index is 2.71. The van der Waals surface area contributed by atoms with E-state index in [-0.39, 0.29) is 17.5 Å². The maximum atomic E-state index is 12.5. The molecule has 1 atom stereocenters. The average Bonchev–Trinajstić information content (AvgIpc) is 2.68. The second-order valence-electron chi connectivity index (χ2n) is 4.25. The Bertz CT molecular complexity index is 642. The van der Waals surface area contributed by atoms with Gasteiger partial charge in [-0.2, -0.15) is 0 Å². The van der Waals surface area contributed by atoms with E-state index in [1.54, 1.807) is 6.92 Å². The van der Waals surface area contributed by atoms with Gasteiger partial charge in [0.25, 0.3) is 11.8 Å². The number of carboxylic acid groups (broad SMARTS) is 1. The van der Waals surface area contributed by atoms with Crippen LogP contribution in [0.4, 0.5) is 0 Å². The first-order chi connectivity index (χ1) is 9.73. The second kappa shape index (κ2) is 6.10. The number of nitrogens with zero attached hydrogens (tertiary/aromatic N) is 1. The van der Waals surface area contributed by atoms with Gasteiger partial charge in [-0.1, -0.05) is 6.92 Å². The Morgan fingerprint density at radius 1 is 1.00 bits per heavy atom. The van der Waals surface area contributed by atoms with E-state index in [0.29, 0.717) is 17.9 Å². The highest BCUT2D eigenvalue weighted by Gasteiger charge is 2.45. The zero-order chi connectivity index (χ0) is 16.1. The molecular formula is C12H7Br4NO4. The van der Waals surface area contributed by atoms with Crippen LogP contribution in [0.2, 0.25) is 0 Å². The molecule has 0 bridgehead atoms.